The third-order valence-corrected chi connectivity index (χ3v) is 10.7. The van der Waals surface area contributed by atoms with Crippen LogP contribution in [0.3, 0.4) is 0 Å². The van der Waals surface area contributed by atoms with Crippen molar-refractivity contribution in [1.82, 2.24) is 9.80 Å². The molecule has 0 spiro atoms. The molecule has 2 atom stereocenters. The van der Waals surface area contributed by atoms with Crippen LogP contribution >= 0.6 is 0 Å². The van der Waals surface area contributed by atoms with Crippen molar-refractivity contribution in [1.29, 1.82) is 0 Å². The van der Waals surface area contributed by atoms with E-state index in [1.54, 1.807) is 0 Å². The van der Waals surface area contributed by atoms with Gasteiger partial charge in [0.2, 0.25) is 11.6 Å². The van der Waals surface area contributed by atoms with Crippen LogP contribution in [0.4, 0.5) is 43.9 Å². The fraction of sp³-hybridized carbons (Fsp3) is 0.381. The van der Waals surface area contributed by atoms with Crippen molar-refractivity contribution in [2.24, 2.45) is 11.8 Å². The molecule has 2 aromatic carbocycles. The maximum absolute atomic E-state index is 15.0. The lowest BCUT2D eigenvalue weighted by molar-refractivity contribution is -0.124. The van der Waals surface area contributed by atoms with Gasteiger partial charge < -0.3 is 18.6 Å². The van der Waals surface area contributed by atoms with Gasteiger partial charge in [-0.15, -0.1) is 0 Å². The normalized spacial score (nSPS) is 15.5. The highest BCUT2D eigenvalue weighted by atomic mass is 19.2. The van der Waals surface area contributed by atoms with E-state index < -0.39 is 92.6 Å². The molecular formula is C42H38F10N2O4. The van der Waals surface area contributed by atoms with Crippen LogP contribution < -0.4 is 0 Å². The molecule has 0 bridgehead atoms. The summed E-state index contributed by atoms with van der Waals surface area (Å²) in [6, 6.07) is 4.09. The number of fused-ring (bicyclic) bond motifs is 1. The Morgan fingerprint density at radius 2 is 0.759 bits per heavy atom. The van der Waals surface area contributed by atoms with Gasteiger partial charge in [-0.05, 0) is 48.9 Å². The maximum atomic E-state index is 15.0. The predicted molar refractivity (Wildman–Crippen MR) is 192 cm³/mol. The summed E-state index contributed by atoms with van der Waals surface area (Å²) in [5.41, 5.74) is -3.67. The van der Waals surface area contributed by atoms with Crippen LogP contribution in [-0.4, -0.2) is 34.7 Å². The molecule has 0 saturated carbocycles. The number of unbranched alkanes of at least 4 members (excludes halogenated alkanes) is 2. The zero-order chi connectivity index (χ0) is 42.3. The number of hydrogen-bond donors (Lipinski definition) is 0. The van der Waals surface area contributed by atoms with Gasteiger partial charge >= 0.3 is 0 Å². The van der Waals surface area contributed by atoms with E-state index in [9.17, 15) is 53.5 Å². The number of benzene rings is 2. The smallest absolute Gasteiger partial charge is 0.261 e. The Hall–Kier alpha value is -5.28. The van der Waals surface area contributed by atoms with E-state index in [0.717, 1.165) is 49.9 Å². The second kappa shape index (κ2) is 16.9. The molecule has 6 rings (SSSR count). The van der Waals surface area contributed by atoms with Crippen molar-refractivity contribution in [3.8, 4) is 22.6 Å². The van der Waals surface area contributed by atoms with E-state index in [-0.39, 0.29) is 59.0 Å². The van der Waals surface area contributed by atoms with Crippen LogP contribution in [0, 0.1) is 70.0 Å². The lowest BCUT2D eigenvalue weighted by Gasteiger charge is -2.28. The molecule has 2 aliphatic rings. The molecule has 0 radical (unpaired) electrons. The Balaban J connectivity index is 1.60. The monoisotopic (exact) mass is 824 g/mol. The summed E-state index contributed by atoms with van der Waals surface area (Å²) in [6.07, 6.45) is 5.55. The molecule has 58 heavy (non-hydrogen) atoms. The zero-order valence-corrected chi connectivity index (χ0v) is 31.8. The van der Waals surface area contributed by atoms with Crippen LogP contribution in [0.2, 0.25) is 0 Å². The van der Waals surface area contributed by atoms with Crippen LogP contribution in [-0.2, 0) is 9.59 Å². The van der Waals surface area contributed by atoms with Crippen molar-refractivity contribution in [2.45, 2.75) is 79.1 Å². The van der Waals surface area contributed by atoms with Crippen LogP contribution in [0.1, 0.15) is 90.6 Å². The van der Waals surface area contributed by atoms with E-state index in [1.165, 1.54) is 9.80 Å². The van der Waals surface area contributed by atoms with E-state index in [4.69, 9.17) is 8.83 Å². The third kappa shape index (κ3) is 7.12. The molecule has 4 heterocycles. The van der Waals surface area contributed by atoms with Crippen LogP contribution in [0.5, 0.6) is 0 Å². The first-order chi connectivity index (χ1) is 27.6. The molecule has 0 fully saturated rings. The summed E-state index contributed by atoms with van der Waals surface area (Å²) < 4.78 is 156. The second-order valence-corrected chi connectivity index (χ2v) is 14.3. The first-order valence-corrected chi connectivity index (χ1v) is 19.0. The third-order valence-electron chi connectivity index (χ3n) is 10.7. The Morgan fingerprint density at radius 3 is 1.05 bits per heavy atom. The lowest BCUT2D eigenvalue weighted by Crippen LogP contribution is -2.34. The Bertz CT molecular complexity index is 2130. The summed E-state index contributed by atoms with van der Waals surface area (Å²) in [7, 11) is 0. The molecule has 310 valence electrons. The standard InChI is InChI=1S/C42H38F10N2O4/c1-5-9-11-19(7-3)17-53-39(23-15-13-21(57-23)25-29(43)33(47)37(51)34(48)30(25)44)27-28(41(53)55)40(54(42(27)56)18-20(8-4)12-10-6-2)24-16-14-22(58-24)26-31(45)35(49)38(52)36(50)32(26)46/h13-16,19-20H,5-12,17-18H2,1-4H3. The number of carbonyl (C=O) groups excluding carboxylic acids is 2. The number of furan rings is 2. The molecule has 2 aromatic heterocycles. The number of halogens is 10. The van der Waals surface area contributed by atoms with Gasteiger partial charge in [-0.1, -0.05) is 66.2 Å². The average molecular weight is 825 g/mol. The van der Waals surface area contributed by atoms with Crippen molar-refractivity contribution in [2.75, 3.05) is 13.1 Å². The summed E-state index contributed by atoms with van der Waals surface area (Å²) in [4.78, 5) is 32.0. The van der Waals surface area contributed by atoms with Crippen molar-refractivity contribution in [3.05, 3.63) is 105 Å². The Morgan fingerprint density at radius 1 is 0.466 bits per heavy atom. The summed E-state index contributed by atoms with van der Waals surface area (Å²) >= 11 is 0. The van der Waals surface area contributed by atoms with Crippen molar-refractivity contribution >= 4 is 23.2 Å². The first-order valence-electron chi connectivity index (χ1n) is 19.0. The number of rotatable bonds is 16. The highest BCUT2D eigenvalue weighted by Crippen LogP contribution is 2.49. The van der Waals surface area contributed by atoms with Crippen molar-refractivity contribution in [3.63, 3.8) is 0 Å². The lowest BCUT2D eigenvalue weighted by atomic mass is 9.98. The number of amides is 2. The highest BCUT2D eigenvalue weighted by Gasteiger charge is 2.51. The molecule has 4 aromatic rings. The topological polar surface area (TPSA) is 66.9 Å². The summed E-state index contributed by atoms with van der Waals surface area (Å²) in [5.74, 6) is -26.5. The predicted octanol–water partition coefficient (Wildman–Crippen LogP) is 11.8. The fourth-order valence-electron chi connectivity index (χ4n) is 7.45. The molecule has 2 aliphatic heterocycles. The van der Waals surface area contributed by atoms with E-state index in [1.807, 2.05) is 27.7 Å². The van der Waals surface area contributed by atoms with Gasteiger partial charge in [-0.25, -0.2) is 43.9 Å². The van der Waals surface area contributed by atoms with Gasteiger partial charge in [0, 0.05) is 13.1 Å². The van der Waals surface area contributed by atoms with Gasteiger partial charge in [0.15, 0.2) is 58.1 Å². The minimum Gasteiger partial charge on any atom is -0.454 e. The van der Waals surface area contributed by atoms with Gasteiger partial charge in [-0.3, -0.25) is 9.59 Å². The van der Waals surface area contributed by atoms with E-state index in [2.05, 4.69) is 0 Å². The molecular weight excluding hydrogens is 786 g/mol. The SMILES string of the molecule is CCCCC(CC)CN1C(=O)C2=C(c3ccc(-c4c(F)c(F)c(F)c(F)c4F)o3)N(CC(CC)CCCC)C(=O)C2=C1c1ccc(-c2c(F)c(F)c(F)c(F)c2F)o1. The second-order valence-electron chi connectivity index (χ2n) is 14.3. The Labute approximate surface area is 326 Å². The number of carbonyl (C=O) groups is 2. The highest BCUT2D eigenvalue weighted by molar-refractivity contribution is 6.30. The van der Waals surface area contributed by atoms with Crippen molar-refractivity contribution < 1.29 is 62.3 Å². The van der Waals surface area contributed by atoms with E-state index >= 15 is 0 Å². The van der Waals surface area contributed by atoms with Gasteiger partial charge in [0.05, 0.1) is 22.3 Å². The molecule has 0 saturated heterocycles. The number of nitrogens with zero attached hydrogens (tertiary/aromatic N) is 2. The first kappa shape index (κ1) is 42.3. The molecule has 2 unspecified atom stereocenters. The molecule has 0 aliphatic carbocycles. The Kier molecular flexibility index (Phi) is 12.3. The molecule has 2 amide bonds. The largest absolute Gasteiger partial charge is 0.454 e. The average Bonchev–Trinajstić information content (AvgIpc) is 4.00. The molecule has 6 nitrogen and oxygen atoms in total. The zero-order valence-electron chi connectivity index (χ0n) is 31.8. The minimum atomic E-state index is -2.38. The van der Waals surface area contributed by atoms with Gasteiger partial charge in [-0.2, -0.15) is 0 Å². The number of hydrogen-bond acceptors (Lipinski definition) is 4. The van der Waals surface area contributed by atoms with E-state index in [0.29, 0.717) is 25.7 Å². The molecule has 16 heteroatoms. The van der Waals surface area contributed by atoms with Crippen LogP contribution in [0.25, 0.3) is 34.0 Å². The fourth-order valence-corrected chi connectivity index (χ4v) is 7.45. The quantitative estimate of drug-likeness (QED) is 0.0641. The maximum Gasteiger partial charge on any atom is 0.261 e. The van der Waals surface area contributed by atoms with Gasteiger partial charge in [0.1, 0.15) is 22.9 Å². The summed E-state index contributed by atoms with van der Waals surface area (Å²) in [6.45, 7) is 7.66. The molecule has 0 N–H and O–H groups in total. The minimum absolute atomic E-state index is 0.0150. The van der Waals surface area contributed by atoms with Crippen LogP contribution in [0.15, 0.2) is 44.2 Å². The summed E-state index contributed by atoms with van der Waals surface area (Å²) in [5, 5.41) is 0. The van der Waals surface area contributed by atoms with Gasteiger partial charge in [0.25, 0.3) is 11.8 Å².